The molecule has 0 saturated carbocycles. The van der Waals surface area contributed by atoms with Gasteiger partial charge in [-0.25, -0.2) is 0 Å². The first-order valence-electron chi connectivity index (χ1n) is 5.59. The van der Waals surface area contributed by atoms with Crippen molar-refractivity contribution < 1.29 is 9.72 Å². The van der Waals surface area contributed by atoms with Crippen LogP contribution in [0.4, 0.5) is 11.4 Å². The van der Waals surface area contributed by atoms with Crippen LogP contribution in [0.15, 0.2) is 49.8 Å². The van der Waals surface area contributed by atoms with Crippen molar-refractivity contribution >= 4 is 65.1 Å². The molecule has 21 heavy (non-hydrogen) atoms. The summed E-state index contributed by atoms with van der Waals surface area (Å²) in [5, 5.41) is 13.6. The summed E-state index contributed by atoms with van der Waals surface area (Å²) in [4.78, 5) is 22.6. The van der Waals surface area contributed by atoms with Crippen molar-refractivity contribution in [3.8, 4) is 0 Å². The van der Waals surface area contributed by atoms with Crippen LogP contribution in [-0.4, -0.2) is 10.8 Å². The highest BCUT2D eigenvalue weighted by Crippen LogP contribution is 2.30. The first-order valence-corrected chi connectivity index (χ1v) is 7.97. The predicted molar refractivity (Wildman–Crippen MR) is 90.6 cm³/mol. The van der Waals surface area contributed by atoms with Gasteiger partial charge in [0.1, 0.15) is 4.47 Å². The van der Waals surface area contributed by atoms with Crippen molar-refractivity contribution in [2.45, 2.75) is 0 Å². The number of amides is 1. The Morgan fingerprint density at radius 3 is 2.52 bits per heavy atom. The van der Waals surface area contributed by atoms with E-state index in [1.165, 1.54) is 18.2 Å². The van der Waals surface area contributed by atoms with E-state index in [4.69, 9.17) is 0 Å². The number of benzene rings is 2. The summed E-state index contributed by atoms with van der Waals surface area (Å²) < 4.78 is 1.67. The van der Waals surface area contributed by atoms with Crippen LogP contribution in [0.1, 0.15) is 10.4 Å². The van der Waals surface area contributed by atoms with Gasteiger partial charge in [0.2, 0.25) is 0 Å². The van der Waals surface area contributed by atoms with E-state index < -0.39 is 10.8 Å². The second-order valence-electron chi connectivity index (χ2n) is 3.97. The first kappa shape index (κ1) is 16.1. The van der Waals surface area contributed by atoms with E-state index in [1.807, 2.05) is 6.07 Å². The van der Waals surface area contributed by atoms with Crippen LogP contribution in [0.25, 0.3) is 0 Å². The predicted octanol–water partition coefficient (Wildman–Crippen LogP) is 5.13. The van der Waals surface area contributed by atoms with E-state index in [1.54, 1.807) is 12.1 Å². The topological polar surface area (TPSA) is 72.2 Å². The summed E-state index contributed by atoms with van der Waals surface area (Å²) in [7, 11) is 0. The van der Waals surface area contributed by atoms with Gasteiger partial charge in [0, 0.05) is 15.0 Å². The molecule has 0 fully saturated rings. The van der Waals surface area contributed by atoms with Gasteiger partial charge in [-0.15, -0.1) is 0 Å². The molecule has 0 aliphatic rings. The van der Waals surface area contributed by atoms with Crippen LogP contribution in [0.5, 0.6) is 0 Å². The van der Waals surface area contributed by atoms with Crippen molar-refractivity contribution in [1.82, 2.24) is 0 Å². The molecular formula is C13H7Br3N2O3. The van der Waals surface area contributed by atoms with E-state index in [0.717, 1.165) is 4.47 Å². The van der Waals surface area contributed by atoms with Crippen LogP contribution in [0, 0.1) is 10.1 Å². The number of carbonyl (C=O) groups is 1. The highest BCUT2D eigenvalue weighted by atomic mass is 79.9. The maximum absolute atomic E-state index is 12.3. The Morgan fingerprint density at radius 1 is 1.14 bits per heavy atom. The maximum atomic E-state index is 12.3. The molecule has 0 aromatic heterocycles. The number of halogens is 3. The van der Waals surface area contributed by atoms with Gasteiger partial charge < -0.3 is 5.32 Å². The largest absolute Gasteiger partial charge is 0.321 e. The molecular weight excluding hydrogens is 472 g/mol. The number of nitro benzene ring substituents is 1. The number of rotatable bonds is 3. The van der Waals surface area contributed by atoms with Gasteiger partial charge in [0.15, 0.2) is 0 Å². The minimum Gasteiger partial charge on any atom is -0.321 e. The lowest BCUT2D eigenvalue weighted by molar-refractivity contribution is -0.385. The second-order valence-corrected chi connectivity index (χ2v) is 6.54. The number of carbonyl (C=O) groups excluding carboxylic acids is 1. The minimum atomic E-state index is -0.546. The molecule has 0 radical (unpaired) electrons. The summed E-state index contributed by atoms with van der Waals surface area (Å²) in [6, 6.07) is 9.64. The molecule has 108 valence electrons. The van der Waals surface area contributed by atoms with Crippen molar-refractivity contribution in [1.29, 1.82) is 0 Å². The number of anilines is 1. The Kier molecular flexibility index (Phi) is 5.13. The van der Waals surface area contributed by atoms with E-state index in [2.05, 4.69) is 53.1 Å². The Morgan fingerprint density at radius 2 is 1.86 bits per heavy atom. The summed E-state index contributed by atoms with van der Waals surface area (Å²) in [6.07, 6.45) is 0. The fourth-order valence-corrected chi connectivity index (χ4v) is 2.92. The Balaban J connectivity index is 2.35. The molecule has 2 aromatic carbocycles. The molecule has 0 bridgehead atoms. The quantitative estimate of drug-likeness (QED) is 0.490. The molecule has 5 nitrogen and oxygen atoms in total. The lowest BCUT2D eigenvalue weighted by atomic mass is 10.2. The molecule has 0 spiro atoms. The van der Waals surface area contributed by atoms with Gasteiger partial charge in [0.05, 0.1) is 16.2 Å². The lowest BCUT2D eigenvalue weighted by Crippen LogP contribution is -2.13. The Labute approximate surface area is 145 Å². The minimum absolute atomic E-state index is 0.151. The molecule has 1 amide bonds. The summed E-state index contributed by atoms with van der Waals surface area (Å²) in [5.41, 5.74) is 0.597. The normalized spacial score (nSPS) is 10.2. The first-order chi connectivity index (χ1) is 9.90. The van der Waals surface area contributed by atoms with Gasteiger partial charge >= 0.3 is 0 Å². The average molecular weight is 479 g/mol. The average Bonchev–Trinajstić information content (AvgIpc) is 2.42. The van der Waals surface area contributed by atoms with Gasteiger partial charge in [0.25, 0.3) is 11.6 Å². The van der Waals surface area contributed by atoms with E-state index in [-0.39, 0.29) is 15.7 Å². The fraction of sp³-hybridized carbons (Fsp3) is 0. The van der Waals surface area contributed by atoms with Gasteiger partial charge in [-0.05, 0) is 56.1 Å². The number of nitrogens with zero attached hydrogens (tertiary/aromatic N) is 1. The maximum Gasteiger partial charge on any atom is 0.284 e. The van der Waals surface area contributed by atoms with Crippen molar-refractivity contribution in [3.05, 3.63) is 65.5 Å². The number of nitro groups is 1. The fourth-order valence-electron chi connectivity index (χ4n) is 1.62. The summed E-state index contributed by atoms with van der Waals surface area (Å²) >= 11 is 9.75. The third-order valence-corrected chi connectivity index (χ3v) is 4.61. The summed E-state index contributed by atoms with van der Waals surface area (Å²) in [5.74, 6) is -0.440. The van der Waals surface area contributed by atoms with Crippen LogP contribution >= 0.6 is 47.8 Å². The molecule has 0 atom stereocenters. The van der Waals surface area contributed by atoms with Crippen LogP contribution < -0.4 is 5.32 Å². The molecule has 0 saturated heterocycles. The smallest absolute Gasteiger partial charge is 0.284 e. The molecule has 2 aromatic rings. The molecule has 2 rings (SSSR count). The zero-order valence-corrected chi connectivity index (χ0v) is 15.0. The second kappa shape index (κ2) is 6.67. The molecule has 8 heteroatoms. The molecule has 1 N–H and O–H groups in total. The number of hydrogen-bond donors (Lipinski definition) is 1. The zero-order valence-electron chi connectivity index (χ0n) is 10.3. The van der Waals surface area contributed by atoms with Gasteiger partial charge in [-0.2, -0.15) is 0 Å². The number of nitrogens with one attached hydrogen (secondary N) is 1. The molecule has 0 aliphatic carbocycles. The highest BCUT2D eigenvalue weighted by molar-refractivity contribution is 9.11. The Bertz CT molecular complexity index is 735. The van der Waals surface area contributed by atoms with Crippen LogP contribution in [0.2, 0.25) is 0 Å². The van der Waals surface area contributed by atoms with Gasteiger partial charge in [-0.3, -0.25) is 14.9 Å². The zero-order chi connectivity index (χ0) is 15.6. The Hall–Kier alpha value is -1.25. The van der Waals surface area contributed by atoms with Crippen LogP contribution in [-0.2, 0) is 0 Å². The van der Waals surface area contributed by atoms with E-state index >= 15 is 0 Å². The molecule has 0 aliphatic heterocycles. The molecule has 0 unspecified atom stereocenters. The number of hydrogen-bond acceptors (Lipinski definition) is 3. The SMILES string of the molecule is O=C(Nc1cc(Br)ccc1Br)c1cccc([N+](=O)[O-])c1Br. The van der Waals surface area contributed by atoms with E-state index in [0.29, 0.717) is 10.2 Å². The highest BCUT2D eigenvalue weighted by Gasteiger charge is 2.20. The van der Waals surface area contributed by atoms with Gasteiger partial charge in [-0.1, -0.05) is 22.0 Å². The van der Waals surface area contributed by atoms with E-state index in [9.17, 15) is 14.9 Å². The van der Waals surface area contributed by atoms with Crippen molar-refractivity contribution in [2.24, 2.45) is 0 Å². The summed E-state index contributed by atoms with van der Waals surface area (Å²) in [6.45, 7) is 0. The lowest BCUT2D eigenvalue weighted by Gasteiger charge is -2.09. The third-order valence-electron chi connectivity index (χ3n) is 2.60. The third kappa shape index (κ3) is 3.69. The van der Waals surface area contributed by atoms with Crippen molar-refractivity contribution in [2.75, 3.05) is 5.32 Å². The van der Waals surface area contributed by atoms with Crippen molar-refractivity contribution in [3.63, 3.8) is 0 Å². The van der Waals surface area contributed by atoms with Crippen LogP contribution in [0.3, 0.4) is 0 Å². The standard InChI is InChI=1S/C13H7Br3N2O3/c14-7-4-5-9(15)10(6-7)17-13(19)8-2-1-3-11(12(8)16)18(20)21/h1-6H,(H,17,19). The monoisotopic (exact) mass is 476 g/mol. The molecule has 0 heterocycles.